The van der Waals surface area contributed by atoms with Gasteiger partial charge in [-0.2, -0.15) is 27.6 Å². The van der Waals surface area contributed by atoms with E-state index in [-0.39, 0.29) is 0 Å². The van der Waals surface area contributed by atoms with E-state index in [0.717, 1.165) is 12.0 Å². The summed E-state index contributed by atoms with van der Waals surface area (Å²) in [6.07, 6.45) is 0.876. The predicted molar refractivity (Wildman–Crippen MR) is 75.7 cm³/mol. The van der Waals surface area contributed by atoms with Crippen molar-refractivity contribution in [3.63, 3.8) is 0 Å². The summed E-state index contributed by atoms with van der Waals surface area (Å²) in [5, 5.41) is 3.75. The molecule has 1 aromatic heterocycles. The summed E-state index contributed by atoms with van der Waals surface area (Å²) in [5.74, 6) is -6.73. The third-order valence-corrected chi connectivity index (χ3v) is 3.11. The van der Waals surface area contributed by atoms with Crippen LogP contribution in [0.4, 0.5) is 23.2 Å². The van der Waals surface area contributed by atoms with E-state index in [4.69, 9.17) is 0 Å². The van der Waals surface area contributed by atoms with Gasteiger partial charge in [-0.25, -0.2) is 0 Å². The predicted octanol–water partition coefficient (Wildman–Crippen LogP) is 4.04. The number of hydrogen-bond donors (Lipinski definition) is 1. The quantitative estimate of drug-likeness (QED) is 0.400. The Balaban J connectivity index is 2.27. The first-order chi connectivity index (χ1) is 10.4. The minimum Gasteiger partial charge on any atom is -0.272 e. The summed E-state index contributed by atoms with van der Waals surface area (Å²) in [6, 6.07) is 7.36. The second-order valence-corrected chi connectivity index (χ2v) is 4.56. The Morgan fingerprint density at radius 3 is 2.09 bits per heavy atom. The van der Waals surface area contributed by atoms with Crippen LogP contribution in [-0.2, 0) is 6.42 Å². The average Bonchev–Trinajstić information content (AvgIpc) is 2.53. The number of hydrogen-bond acceptors (Lipinski definition) is 3. The van der Waals surface area contributed by atoms with Crippen LogP contribution in [0.15, 0.2) is 29.4 Å². The molecule has 0 saturated heterocycles. The van der Waals surface area contributed by atoms with Gasteiger partial charge in [0.2, 0.25) is 11.6 Å². The summed E-state index contributed by atoms with van der Waals surface area (Å²) in [4.78, 5) is 2.47. The number of benzene rings is 1. The van der Waals surface area contributed by atoms with Gasteiger partial charge in [0.15, 0.2) is 0 Å². The number of hydrazone groups is 1. The number of aromatic nitrogens is 1. The molecule has 1 N–H and O–H groups in total. The Morgan fingerprint density at radius 1 is 1.05 bits per heavy atom. The molecule has 0 unspecified atom stereocenters. The largest absolute Gasteiger partial charge is 0.272 e. The Hall–Kier alpha value is -2.44. The van der Waals surface area contributed by atoms with Gasteiger partial charge in [-0.3, -0.25) is 5.43 Å². The van der Waals surface area contributed by atoms with E-state index in [2.05, 4.69) is 10.1 Å². The monoisotopic (exact) mass is 311 g/mol. The van der Waals surface area contributed by atoms with Gasteiger partial charge in [0.05, 0.1) is 5.71 Å². The lowest BCUT2D eigenvalue weighted by atomic mass is 10.1. The van der Waals surface area contributed by atoms with Gasteiger partial charge in [-0.15, -0.1) is 0 Å². The maximum atomic E-state index is 13.4. The zero-order chi connectivity index (χ0) is 16.3. The molecular weight excluding hydrogens is 298 g/mol. The van der Waals surface area contributed by atoms with Crippen molar-refractivity contribution < 1.29 is 17.6 Å². The van der Waals surface area contributed by atoms with Gasteiger partial charge in [-0.05, 0) is 24.5 Å². The normalized spacial score (nSPS) is 11.6. The second-order valence-electron chi connectivity index (χ2n) is 4.56. The molecule has 0 amide bonds. The maximum Gasteiger partial charge on any atom is 0.254 e. The smallest absolute Gasteiger partial charge is 0.254 e. The van der Waals surface area contributed by atoms with E-state index in [0.29, 0.717) is 11.3 Å². The second kappa shape index (κ2) is 6.55. The highest BCUT2D eigenvalue weighted by molar-refractivity contribution is 5.99. The van der Waals surface area contributed by atoms with Crippen molar-refractivity contribution >= 4 is 11.4 Å². The van der Waals surface area contributed by atoms with Crippen molar-refractivity contribution in [1.82, 2.24) is 4.98 Å². The van der Waals surface area contributed by atoms with Crippen molar-refractivity contribution in [2.75, 3.05) is 5.43 Å². The molecular formula is C15H13F4N3. The molecule has 0 aliphatic carbocycles. The Bertz CT molecular complexity index is 685. The van der Waals surface area contributed by atoms with E-state index in [1.807, 2.05) is 24.5 Å². The first-order valence-electron chi connectivity index (χ1n) is 6.53. The van der Waals surface area contributed by atoms with Crippen molar-refractivity contribution in [1.29, 1.82) is 0 Å². The molecule has 0 radical (unpaired) electrons. The molecule has 0 atom stereocenters. The Morgan fingerprint density at radius 2 is 1.59 bits per heavy atom. The first kappa shape index (κ1) is 15.9. The lowest BCUT2D eigenvalue weighted by Crippen LogP contribution is -2.07. The molecule has 0 aliphatic heterocycles. The SMILES string of the molecule is CCc1ccc(/C(C)=N\Nc2c(F)c(F)nc(F)c2F)cc1. The van der Waals surface area contributed by atoms with Gasteiger partial charge < -0.3 is 0 Å². The average molecular weight is 311 g/mol. The molecule has 0 fully saturated rings. The maximum absolute atomic E-state index is 13.4. The Kier molecular flexibility index (Phi) is 4.75. The molecule has 116 valence electrons. The number of rotatable bonds is 4. The zero-order valence-electron chi connectivity index (χ0n) is 11.9. The molecule has 3 nitrogen and oxygen atoms in total. The van der Waals surface area contributed by atoms with Crippen LogP contribution in [0.25, 0.3) is 0 Å². The molecule has 1 aromatic carbocycles. The van der Waals surface area contributed by atoms with Crippen molar-refractivity contribution in [2.45, 2.75) is 20.3 Å². The highest BCUT2D eigenvalue weighted by Crippen LogP contribution is 2.22. The summed E-state index contributed by atoms with van der Waals surface area (Å²) >= 11 is 0. The molecule has 0 saturated carbocycles. The fourth-order valence-corrected chi connectivity index (χ4v) is 1.77. The molecule has 1 heterocycles. The minimum atomic E-state index is -1.73. The molecule has 0 aliphatic rings. The van der Waals surface area contributed by atoms with Crippen LogP contribution in [0.5, 0.6) is 0 Å². The van der Waals surface area contributed by atoms with Gasteiger partial charge >= 0.3 is 0 Å². The van der Waals surface area contributed by atoms with Crippen LogP contribution >= 0.6 is 0 Å². The van der Waals surface area contributed by atoms with Gasteiger partial charge in [0.25, 0.3) is 11.9 Å². The highest BCUT2D eigenvalue weighted by Gasteiger charge is 2.20. The van der Waals surface area contributed by atoms with Gasteiger partial charge in [0.1, 0.15) is 5.69 Å². The first-order valence-corrected chi connectivity index (χ1v) is 6.53. The topological polar surface area (TPSA) is 37.3 Å². The summed E-state index contributed by atoms with van der Waals surface area (Å²) < 4.78 is 52.8. The van der Waals surface area contributed by atoms with E-state index >= 15 is 0 Å². The van der Waals surface area contributed by atoms with Crippen LogP contribution in [0.2, 0.25) is 0 Å². The fourth-order valence-electron chi connectivity index (χ4n) is 1.77. The fraction of sp³-hybridized carbons (Fsp3) is 0.200. The van der Waals surface area contributed by atoms with E-state index in [1.165, 1.54) is 0 Å². The summed E-state index contributed by atoms with van der Waals surface area (Å²) in [7, 11) is 0. The third kappa shape index (κ3) is 3.24. The summed E-state index contributed by atoms with van der Waals surface area (Å²) in [5.41, 5.74) is 3.22. The van der Waals surface area contributed by atoms with Crippen LogP contribution in [0.1, 0.15) is 25.0 Å². The number of aryl methyl sites for hydroxylation is 1. The minimum absolute atomic E-state index is 0.402. The van der Waals surface area contributed by atoms with Crippen molar-refractivity contribution in [3.05, 3.63) is 58.9 Å². The number of anilines is 1. The Labute approximate surface area is 124 Å². The molecule has 2 aromatic rings. The molecule has 0 bridgehead atoms. The lowest BCUT2D eigenvalue weighted by Gasteiger charge is -2.07. The van der Waals surface area contributed by atoms with Crippen molar-refractivity contribution in [3.8, 4) is 0 Å². The molecule has 7 heteroatoms. The van der Waals surface area contributed by atoms with Crippen molar-refractivity contribution in [2.24, 2.45) is 5.10 Å². The van der Waals surface area contributed by atoms with Crippen LogP contribution < -0.4 is 5.43 Å². The zero-order valence-corrected chi connectivity index (χ0v) is 11.9. The third-order valence-electron chi connectivity index (χ3n) is 3.11. The van der Waals surface area contributed by atoms with Crippen LogP contribution in [0.3, 0.4) is 0 Å². The number of nitrogens with zero attached hydrogens (tertiary/aromatic N) is 2. The number of pyridine rings is 1. The lowest BCUT2D eigenvalue weighted by molar-refractivity contribution is 0.411. The molecule has 22 heavy (non-hydrogen) atoms. The number of halogens is 4. The summed E-state index contributed by atoms with van der Waals surface area (Å²) in [6.45, 7) is 3.60. The van der Waals surface area contributed by atoms with Gasteiger partial charge in [-0.1, -0.05) is 31.2 Å². The highest BCUT2D eigenvalue weighted by atomic mass is 19.2. The molecule has 0 spiro atoms. The van der Waals surface area contributed by atoms with E-state index in [9.17, 15) is 17.6 Å². The molecule has 2 rings (SSSR count). The van der Waals surface area contributed by atoms with Gasteiger partial charge in [0, 0.05) is 0 Å². The number of nitrogens with one attached hydrogen (secondary N) is 1. The standard InChI is InChI=1S/C15H13F4N3/c1-3-9-4-6-10(7-5-9)8(2)21-22-13-11(16)14(18)20-15(19)12(13)17/h4-7H,3H2,1-2H3,(H,20,22)/b21-8-. The van der Waals surface area contributed by atoms with E-state index in [1.54, 1.807) is 19.1 Å². The van der Waals surface area contributed by atoms with E-state index < -0.39 is 29.2 Å². The van der Waals surface area contributed by atoms with Crippen LogP contribution in [0, 0.1) is 23.5 Å². The van der Waals surface area contributed by atoms with Crippen LogP contribution in [-0.4, -0.2) is 10.7 Å².